The van der Waals surface area contributed by atoms with Crippen LogP contribution in [0.1, 0.15) is 51.3 Å². The first-order valence-electron chi connectivity index (χ1n) is 8.69. The second-order valence-electron chi connectivity index (χ2n) is 7.30. The molecule has 1 atom stereocenters. The second kappa shape index (κ2) is 8.31. The Morgan fingerprint density at radius 2 is 1.37 bits per heavy atom. The lowest BCUT2D eigenvalue weighted by molar-refractivity contribution is 0.103. The van der Waals surface area contributed by atoms with Crippen molar-refractivity contribution in [3.05, 3.63) is 68.2 Å². The van der Waals surface area contributed by atoms with Crippen molar-refractivity contribution >= 4 is 41.4 Å². The summed E-state index contributed by atoms with van der Waals surface area (Å²) < 4.78 is 13.9. The van der Waals surface area contributed by atoms with Crippen LogP contribution in [0.5, 0.6) is 0 Å². The topological polar surface area (TPSA) is 51.2 Å². The molecular formula is C21H23Cl2O3P. The monoisotopic (exact) mass is 424 g/mol. The maximum Gasteiger partial charge on any atom is 0.231 e. The van der Waals surface area contributed by atoms with Crippen LogP contribution in [-0.4, -0.2) is 17.2 Å². The van der Waals surface area contributed by atoms with E-state index >= 15 is 0 Å². The summed E-state index contributed by atoms with van der Waals surface area (Å²) in [5.41, 5.74) is 1.34. The molecule has 0 amide bonds. The van der Waals surface area contributed by atoms with Crippen LogP contribution in [0.3, 0.4) is 0 Å². The molecule has 144 valence electrons. The van der Waals surface area contributed by atoms with Crippen molar-refractivity contribution in [2.45, 2.75) is 34.6 Å². The minimum absolute atomic E-state index is 0.0288. The maximum absolute atomic E-state index is 13.9. The first-order valence-corrected chi connectivity index (χ1v) is 11.3. The van der Waals surface area contributed by atoms with E-state index in [1.165, 1.54) is 12.1 Å². The summed E-state index contributed by atoms with van der Waals surface area (Å²) in [6, 6.07) is 8.32. The van der Waals surface area contributed by atoms with Gasteiger partial charge in [0.25, 0.3) is 0 Å². The average molecular weight is 425 g/mol. The van der Waals surface area contributed by atoms with Gasteiger partial charge in [-0.15, -0.1) is 0 Å². The largest absolute Gasteiger partial charge is 0.307 e. The predicted molar refractivity (Wildman–Crippen MR) is 113 cm³/mol. The number of carbonyl (C=O) groups excluding carboxylic acids is 2. The van der Waals surface area contributed by atoms with E-state index in [4.69, 9.17) is 23.2 Å². The lowest BCUT2D eigenvalue weighted by Gasteiger charge is -2.21. The molecule has 1 unspecified atom stereocenters. The highest BCUT2D eigenvalue weighted by molar-refractivity contribution is 7.95. The van der Waals surface area contributed by atoms with Crippen LogP contribution in [0, 0.1) is 26.7 Å². The molecule has 0 radical (unpaired) electrons. The van der Waals surface area contributed by atoms with Crippen LogP contribution in [0.2, 0.25) is 10.0 Å². The quantitative estimate of drug-likeness (QED) is 0.472. The molecule has 3 nitrogen and oxygen atoms in total. The van der Waals surface area contributed by atoms with Crippen LogP contribution < -0.4 is 0 Å². The zero-order valence-electron chi connectivity index (χ0n) is 16.1. The summed E-state index contributed by atoms with van der Waals surface area (Å²) in [7, 11) is -3.97. The molecule has 0 bridgehead atoms. The third-order valence-corrected chi connectivity index (χ3v) is 7.98. The molecule has 6 heteroatoms. The van der Waals surface area contributed by atoms with Crippen molar-refractivity contribution in [3.63, 3.8) is 0 Å². The Balaban J connectivity index is 2.69. The van der Waals surface area contributed by atoms with Crippen LogP contribution >= 0.6 is 30.3 Å². The van der Waals surface area contributed by atoms with Crippen LogP contribution in [0.15, 0.2) is 30.3 Å². The van der Waals surface area contributed by atoms with E-state index < -0.39 is 18.2 Å². The molecule has 2 aromatic carbocycles. The SMILES string of the molecule is Cc1cc(C)c(C(=O)P(=O)(CC(C)C)C(=O)c2c(Cl)cccc2Cl)c(C)c1. The van der Waals surface area contributed by atoms with Gasteiger partial charge in [-0.3, -0.25) is 9.59 Å². The summed E-state index contributed by atoms with van der Waals surface area (Å²) in [6.07, 6.45) is -0.0288. The Kier molecular flexibility index (Phi) is 6.73. The van der Waals surface area contributed by atoms with Crippen molar-refractivity contribution in [1.29, 1.82) is 0 Å². The summed E-state index contributed by atoms with van der Waals surface area (Å²) >= 11 is 12.3. The molecule has 0 N–H and O–H groups in total. The fourth-order valence-corrected chi connectivity index (χ4v) is 6.91. The molecule has 2 rings (SSSR count). The molecule has 0 aliphatic heterocycles. The molecule has 0 heterocycles. The highest BCUT2D eigenvalue weighted by Gasteiger charge is 2.43. The van der Waals surface area contributed by atoms with E-state index in [2.05, 4.69) is 0 Å². The zero-order chi connectivity index (χ0) is 20.5. The molecule has 0 aliphatic carbocycles. The molecule has 0 aromatic heterocycles. The Morgan fingerprint density at radius 3 is 1.81 bits per heavy atom. The van der Waals surface area contributed by atoms with Gasteiger partial charge in [0.15, 0.2) is 0 Å². The van der Waals surface area contributed by atoms with E-state index in [-0.39, 0.29) is 27.7 Å². The number of benzene rings is 2. The Morgan fingerprint density at radius 1 is 0.926 bits per heavy atom. The molecule has 0 fully saturated rings. The van der Waals surface area contributed by atoms with Gasteiger partial charge in [0.05, 0.1) is 15.6 Å². The summed E-state index contributed by atoms with van der Waals surface area (Å²) in [5.74, 6) is -0.115. The van der Waals surface area contributed by atoms with Gasteiger partial charge >= 0.3 is 0 Å². The number of halogens is 2. The summed E-state index contributed by atoms with van der Waals surface area (Å²) in [4.78, 5) is 26.7. The standard InChI is InChI=1S/C21H23Cl2O3P/c1-12(2)11-27(26,21(25)19-16(22)7-6-8-17(19)23)20(24)18-14(4)9-13(3)10-15(18)5/h6-10,12H,11H2,1-5H3. The summed E-state index contributed by atoms with van der Waals surface area (Å²) in [5, 5.41) is 0.197. The lowest BCUT2D eigenvalue weighted by Crippen LogP contribution is -2.18. The van der Waals surface area contributed by atoms with Gasteiger partial charge in [-0.05, 0) is 49.9 Å². The van der Waals surface area contributed by atoms with Crippen molar-refractivity contribution in [2.24, 2.45) is 5.92 Å². The molecule has 2 aromatic rings. The van der Waals surface area contributed by atoms with Crippen molar-refractivity contribution in [1.82, 2.24) is 0 Å². The molecule has 0 saturated carbocycles. The van der Waals surface area contributed by atoms with Crippen LogP contribution in [0.25, 0.3) is 0 Å². The van der Waals surface area contributed by atoms with Crippen molar-refractivity contribution in [3.8, 4) is 0 Å². The van der Waals surface area contributed by atoms with Crippen LogP contribution in [0.4, 0.5) is 0 Å². The third-order valence-electron chi connectivity index (χ3n) is 4.35. The average Bonchev–Trinajstić information content (AvgIpc) is 2.52. The van der Waals surface area contributed by atoms with Gasteiger partial charge in [0, 0.05) is 11.7 Å². The maximum atomic E-state index is 13.9. The number of aryl methyl sites for hydroxylation is 3. The normalized spacial score (nSPS) is 13.5. The Hall–Kier alpha value is -1.41. The van der Waals surface area contributed by atoms with Crippen molar-refractivity contribution < 1.29 is 14.2 Å². The lowest BCUT2D eigenvalue weighted by atomic mass is 10.0. The fourth-order valence-electron chi connectivity index (χ4n) is 3.35. The van der Waals surface area contributed by atoms with Gasteiger partial charge in [-0.1, -0.05) is 60.8 Å². The minimum atomic E-state index is -3.97. The highest BCUT2D eigenvalue weighted by atomic mass is 35.5. The smallest absolute Gasteiger partial charge is 0.231 e. The highest BCUT2D eigenvalue weighted by Crippen LogP contribution is 2.55. The number of rotatable bonds is 6. The molecule has 0 spiro atoms. The van der Waals surface area contributed by atoms with Gasteiger partial charge in [-0.2, -0.15) is 0 Å². The van der Waals surface area contributed by atoms with Crippen molar-refractivity contribution in [2.75, 3.05) is 6.16 Å². The predicted octanol–water partition coefficient (Wildman–Crippen LogP) is 6.92. The minimum Gasteiger partial charge on any atom is -0.307 e. The van der Waals surface area contributed by atoms with Gasteiger partial charge in [0.1, 0.15) is 0 Å². The molecule has 0 saturated heterocycles. The first-order chi connectivity index (χ1) is 12.5. The third kappa shape index (κ3) is 4.37. The Bertz CT molecular complexity index is 921. The van der Waals surface area contributed by atoms with Crippen LogP contribution in [-0.2, 0) is 4.57 Å². The van der Waals surface area contributed by atoms with Gasteiger partial charge < -0.3 is 4.57 Å². The summed E-state index contributed by atoms with van der Waals surface area (Å²) in [6.45, 7) is 9.17. The van der Waals surface area contributed by atoms with E-state index in [0.717, 1.165) is 5.56 Å². The first kappa shape index (κ1) is 21.9. The second-order valence-corrected chi connectivity index (χ2v) is 10.8. The fraction of sp³-hybridized carbons (Fsp3) is 0.333. The van der Waals surface area contributed by atoms with E-state index in [1.807, 2.05) is 32.9 Å². The van der Waals surface area contributed by atoms with Gasteiger partial charge in [0.2, 0.25) is 18.2 Å². The zero-order valence-corrected chi connectivity index (χ0v) is 18.5. The Labute approximate surface area is 170 Å². The number of hydrogen-bond acceptors (Lipinski definition) is 3. The molecule has 0 aliphatic rings. The molecule has 27 heavy (non-hydrogen) atoms. The van der Waals surface area contributed by atoms with E-state index in [0.29, 0.717) is 16.7 Å². The number of hydrogen-bond donors (Lipinski definition) is 0. The molecular weight excluding hydrogens is 402 g/mol. The van der Waals surface area contributed by atoms with E-state index in [9.17, 15) is 14.2 Å². The number of carbonyl (C=O) groups is 2. The van der Waals surface area contributed by atoms with E-state index in [1.54, 1.807) is 19.9 Å². The van der Waals surface area contributed by atoms with Gasteiger partial charge in [-0.25, -0.2) is 0 Å².